The number of halogens is 3. The first-order valence-electron chi connectivity index (χ1n) is 10.7. The van der Waals surface area contributed by atoms with Crippen LogP contribution in [-0.2, 0) is 19.4 Å². The lowest BCUT2D eigenvalue weighted by molar-refractivity contribution is -0.232. The summed E-state index contributed by atoms with van der Waals surface area (Å²) in [7, 11) is 0. The number of rotatable bonds is 9. The number of benzene rings is 2. The molecule has 0 heterocycles. The first kappa shape index (κ1) is 25.8. The van der Waals surface area contributed by atoms with Gasteiger partial charge in [-0.25, -0.2) is 0 Å². The highest BCUT2D eigenvalue weighted by atomic mass is 19.4. The molecule has 0 spiro atoms. The van der Waals surface area contributed by atoms with E-state index >= 15 is 0 Å². The molecule has 0 aliphatic carbocycles. The summed E-state index contributed by atoms with van der Waals surface area (Å²) < 4.78 is 38.4. The maximum absolute atomic E-state index is 12.8. The second-order valence-electron chi connectivity index (χ2n) is 8.12. The van der Waals surface area contributed by atoms with E-state index in [-0.39, 0.29) is 6.61 Å². The minimum Gasteiger partial charge on any atom is -0.392 e. The molecule has 2 atom stereocenters. The van der Waals surface area contributed by atoms with Crippen molar-refractivity contribution in [3.05, 3.63) is 88.5 Å². The quantitative estimate of drug-likeness (QED) is 0.433. The van der Waals surface area contributed by atoms with Crippen LogP contribution < -0.4 is 0 Å². The lowest BCUT2D eigenvalue weighted by atomic mass is 9.95. The summed E-state index contributed by atoms with van der Waals surface area (Å²) in [5.74, 6) is 0. The van der Waals surface area contributed by atoms with Crippen LogP contribution in [0.5, 0.6) is 0 Å². The number of aliphatic hydroxyl groups is 3. The molecule has 0 radical (unpaired) electrons. The Bertz CT molecular complexity index is 957. The van der Waals surface area contributed by atoms with Crippen LogP contribution in [0.1, 0.15) is 61.1 Å². The lowest BCUT2D eigenvalue weighted by Gasteiger charge is -2.22. The Morgan fingerprint density at radius 2 is 1.72 bits per heavy atom. The first-order valence-corrected chi connectivity index (χ1v) is 10.7. The van der Waals surface area contributed by atoms with E-state index in [1.807, 2.05) is 49.4 Å². The Hall–Kier alpha value is -2.41. The number of hydrogen-bond donors (Lipinski definition) is 3. The van der Waals surface area contributed by atoms with Gasteiger partial charge in [-0.1, -0.05) is 61.5 Å². The highest BCUT2D eigenvalue weighted by Gasteiger charge is 2.47. The van der Waals surface area contributed by atoms with Crippen molar-refractivity contribution < 1.29 is 28.5 Å². The van der Waals surface area contributed by atoms with E-state index in [4.69, 9.17) is 0 Å². The maximum Gasteiger partial charge on any atom is 0.420 e. The first-order chi connectivity index (χ1) is 15.0. The molecule has 0 fully saturated rings. The van der Waals surface area contributed by atoms with Crippen LogP contribution in [0.3, 0.4) is 0 Å². The van der Waals surface area contributed by atoms with E-state index in [0.717, 1.165) is 53.7 Å². The van der Waals surface area contributed by atoms with Gasteiger partial charge < -0.3 is 15.3 Å². The van der Waals surface area contributed by atoms with Crippen molar-refractivity contribution in [2.24, 2.45) is 0 Å². The lowest BCUT2D eigenvalue weighted by Crippen LogP contribution is -2.39. The predicted molar refractivity (Wildman–Crippen MR) is 121 cm³/mol. The monoisotopic (exact) mass is 448 g/mol. The molecule has 2 aromatic rings. The molecule has 6 heteroatoms. The molecule has 0 aromatic heterocycles. The Morgan fingerprint density at radius 1 is 1.06 bits per heavy atom. The topological polar surface area (TPSA) is 60.7 Å². The normalized spacial score (nSPS) is 15.7. The van der Waals surface area contributed by atoms with Crippen LogP contribution in [-0.4, -0.2) is 27.1 Å². The Balaban J connectivity index is 2.16. The number of hydrogen-bond acceptors (Lipinski definition) is 3. The van der Waals surface area contributed by atoms with Crippen LogP contribution in [0.4, 0.5) is 13.2 Å². The zero-order valence-electron chi connectivity index (χ0n) is 18.7. The van der Waals surface area contributed by atoms with Crippen molar-refractivity contribution >= 4 is 5.57 Å². The molecule has 0 amide bonds. The highest BCUT2D eigenvalue weighted by Crippen LogP contribution is 2.31. The molecule has 0 saturated carbocycles. The third-order valence-electron chi connectivity index (χ3n) is 5.50. The zero-order valence-corrected chi connectivity index (χ0v) is 18.7. The van der Waals surface area contributed by atoms with E-state index in [1.165, 1.54) is 6.08 Å². The van der Waals surface area contributed by atoms with E-state index in [9.17, 15) is 28.5 Å². The van der Waals surface area contributed by atoms with Gasteiger partial charge in [0.15, 0.2) is 5.60 Å². The molecule has 3 nitrogen and oxygen atoms in total. The van der Waals surface area contributed by atoms with Gasteiger partial charge in [0.05, 0.1) is 12.7 Å². The highest BCUT2D eigenvalue weighted by molar-refractivity contribution is 5.67. The van der Waals surface area contributed by atoms with Gasteiger partial charge in [-0.3, -0.25) is 0 Å². The van der Waals surface area contributed by atoms with Gasteiger partial charge in [0.25, 0.3) is 0 Å². The van der Waals surface area contributed by atoms with Crippen LogP contribution in [0, 0.1) is 0 Å². The van der Waals surface area contributed by atoms with E-state index in [1.54, 1.807) is 13.0 Å². The van der Waals surface area contributed by atoms with Crippen molar-refractivity contribution in [3.63, 3.8) is 0 Å². The smallest absolute Gasteiger partial charge is 0.392 e. The molecule has 0 aliphatic rings. The third-order valence-corrected chi connectivity index (χ3v) is 5.50. The number of allylic oxidation sites excluding steroid dienone is 3. The minimum atomic E-state index is -4.73. The Kier molecular flexibility index (Phi) is 8.84. The summed E-state index contributed by atoms with van der Waals surface area (Å²) in [5, 5.41) is 28.9. The minimum absolute atomic E-state index is 0.123. The summed E-state index contributed by atoms with van der Waals surface area (Å²) in [4.78, 5) is 0. The number of alkyl halides is 3. The average Bonchev–Trinajstić information content (AvgIpc) is 2.74. The van der Waals surface area contributed by atoms with Crippen LogP contribution in [0.2, 0.25) is 0 Å². The summed E-state index contributed by atoms with van der Waals surface area (Å²) in [6.45, 7) is 4.19. The van der Waals surface area contributed by atoms with Gasteiger partial charge >= 0.3 is 6.18 Å². The molecule has 174 valence electrons. The molecule has 2 aromatic carbocycles. The van der Waals surface area contributed by atoms with Gasteiger partial charge in [0.1, 0.15) is 0 Å². The molecule has 0 bridgehead atoms. The Morgan fingerprint density at radius 3 is 2.28 bits per heavy atom. The maximum atomic E-state index is 12.8. The van der Waals surface area contributed by atoms with Gasteiger partial charge in [-0.2, -0.15) is 13.2 Å². The third kappa shape index (κ3) is 6.79. The molecular weight excluding hydrogens is 417 g/mol. The van der Waals surface area contributed by atoms with E-state index in [0.29, 0.717) is 12.0 Å². The van der Waals surface area contributed by atoms with Crippen molar-refractivity contribution in [1.82, 2.24) is 0 Å². The summed E-state index contributed by atoms with van der Waals surface area (Å²) in [5.41, 5.74) is 2.47. The molecular formula is C26H31F3O3. The van der Waals surface area contributed by atoms with E-state index < -0.39 is 17.9 Å². The second-order valence-corrected chi connectivity index (χ2v) is 8.12. The molecule has 0 aliphatic heterocycles. The molecule has 2 unspecified atom stereocenters. The fraction of sp³-hybridized carbons (Fsp3) is 0.385. The van der Waals surface area contributed by atoms with Gasteiger partial charge in [0.2, 0.25) is 0 Å². The zero-order chi connectivity index (χ0) is 23.9. The van der Waals surface area contributed by atoms with Crippen molar-refractivity contribution in [1.29, 1.82) is 0 Å². The molecule has 32 heavy (non-hydrogen) atoms. The van der Waals surface area contributed by atoms with E-state index in [2.05, 4.69) is 0 Å². The van der Waals surface area contributed by atoms with Crippen molar-refractivity contribution in [2.75, 3.05) is 0 Å². The summed E-state index contributed by atoms with van der Waals surface area (Å²) >= 11 is 0. The second kappa shape index (κ2) is 10.9. The largest absolute Gasteiger partial charge is 0.420 e. The molecule has 2 rings (SSSR count). The fourth-order valence-electron chi connectivity index (χ4n) is 3.41. The standard InChI is InChI=1S/C26H31F3O3/c1-4-21(9-6-14-25(3,32)26(27,28)29)22-8-5-7-19(15-22)10-11-20-12-13-23(17-30)24(16-20)18(2)31/h5-9,12-16,18,30-32H,4,10-11,17H2,1-3H3/b14-6+,21-9+. The van der Waals surface area contributed by atoms with Gasteiger partial charge in [-0.15, -0.1) is 0 Å². The summed E-state index contributed by atoms with van der Waals surface area (Å²) in [6, 6.07) is 13.5. The van der Waals surface area contributed by atoms with Gasteiger partial charge in [-0.05, 0) is 72.6 Å². The van der Waals surface area contributed by atoms with Crippen LogP contribution in [0.25, 0.3) is 5.57 Å². The van der Waals surface area contributed by atoms with Gasteiger partial charge in [0, 0.05) is 0 Å². The fourth-order valence-corrected chi connectivity index (χ4v) is 3.41. The average molecular weight is 449 g/mol. The predicted octanol–water partition coefficient (Wildman–Crippen LogP) is 5.68. The van der Waals surface area contributed by atoms with Crippen molar-refractivity contribution in [2.45, 2.75) is 64.5 Å². The summed E-state index contributed by atoms with van der Waals surface area (Å²) in [6.07, 6.45) is 0.331. The van der Waals surface area contributed by atoms with Crippen LogP contribution >= 0.6 is 0 Å². The SMILES string of the molecule is CC/C(=C\C=C\C(C)(O)C(F)(F)F)c1cccc(CCc2ccc(CO)c(C(C)O)c2)c1. The van der Waals surface area contributed by atoms with Crippen molar-refractivity contribution in [3.8, 4) is 0 Å². The van der Waals surface area contributed by atoms with Crippen LogP contribution in [0.15, 0.2) is 60.7 Å². The Labute approximate surface area is 187 Å². The molecule has 0 saturated heterocycles. The molecule has 3 N–H and O–H groups in total. The number of aryl methyl sites for hydroxylation is 2. The number of aliphatic hydroxyl groups excluding tert-OH is 2.